The van der Waals surface area contributed by atoms with Crippen LogP contribution in [0.4, 0.5) is 0 Å². The zero-order valence-electron chi connectivity index (χ0n) is 17.3. The van der Waals surface area contributed by atoms with Crippen LogP contribution in [0.15, 0.2) is 53.4 Å². The fraction of sp³-hybridized carbons (Fsp3) is 0.435. The average molecular weight is 429 g/mol. The molecule has 2 heterocycles. The molecule has 0 saturated carbocycles. The smallest absolute Gasteiger partial charge is 0.338 e. The van der Waals surface area contributed by atoms with Gasteiger partial charge in [0.05, 0.1) is 10.5 Å². The Morgan fingerprint density at radius 1 is 1.07 bits per heavy atom. The summed E-state index contributed by atoms with van der Waals surface area (Å²) in [6, 6.07) is 14.0. The van der Waals surface area contributed by atoms with Gasteiger partial charge in [-0.25, -0.2) is 13.2 Å². The number of carbonyl (C=O) groups is 1. The van der Waals surface area contributed by atoms with Gasteiger partial charge in [0, 0.05) is 19.6 Å². The first-order valence-corrected chi connectivity index (χ1v) is 12.0. The first-order chi connectivity index (χ1) is 14.5. The molecule has 0 N–H and O–H groups in total. The second-order valence-corrected chi connectivity index (χ2v) is 9.88. The lowest BCUT2D eigenvalue weighted by molar-refractivity contribution is 0.00773. The molecule has 0 amide bonds. The first-order valence-electron chi connectivity index (χ1n) is 10.6. The lowest BCUT2D eigenvalue weighted by atomic mass is 10.0. The molecule has 2 aromatic carbocycles. The Morgan fingerprint density at radius 3 is 2.53 bits per heavy atom. The number of esters is 1. The van der Waals surface area contributed by atoms with Crippen LogP contribution < -0.4 is 0 Å². The van der Waals surface area contributed by atoms with Crippen molar-refractivity contribution in [2.75, 3.05) is 26.2 Å². The van der Waals surface area contributed by atoms with Gasteiger partial charge < -0.3 is 4.74 Å². The van der Waals surface area contributed by atoms with Gasteiger partial charge in [0.2, 0.25) is 10.0 Å². The van der Waals surface area contributed by atoms with Crippen LogP contribution in [-0.2, 0) is 27.7 Å². The number of hydrogen-bond donors (Lipinski definition) is 0. The molecule has 1 saturated heterocycles. The van der Waals surface area contributed by atoms with Crippen molar-refractivity contribution in [1.29, 1.82) is 0 Å². The number of piperidine rings is 1. The number of carbonyl (C=O) groups excluding carboxylic acids is 1. The highest BCUT2D eigenvalue weighted by molar-refractivity contribution is 7.89. The fourth-order valence-electron chi connectivity index (χ4n) is 4.20. The molecule has 30 heavy (non-hydrogen) atoms. The van der Waals surface area contributed by atoms with E-state index in [1.54, 1.807) is 12.1 Å². The number of nitrogens with zero attached hydrogens (tertiary/aromatic N) is 2. The van der Waals surface area contributed by atoms with Crippen LogP contribution in [0.2, 0.25) is 0 Å². The lowest BCUT2D eigenvalue weighted by Gasteiger charge is -2.31. The highest BCUT2D eigenvalue weighted by atomic mass is 32.2. The van der Waals surface area contributed by atoms with E-state index in [0.29, 0.717) is 25.1 Å². The first kappa shape index (κ1) is 21.0. The zero-order valence-corrected chi connectivity index (χ0v) is 18.1. The maximum Gasteiger partial charge on any atom is 0.338 e. The number of hydrogen-bond acceptors (Lipinski definition) is 5. The summed E-state index contributed by atoms with van der Waals surface area (Å²) in [6.45, 7) is 5.67. The van der Waals surface area contributed by atoms with E-state index in [1.807, 2.05) is 24.3 Å². The number of sulfonamides is 1. The van der Waals surface area contributed by atoms with Crippen molar-refractivity contribution >= 4 is 16.0 Å². The Kier molecular flexibility index (Phi) is 6.22. The van der Waals surface area contributed by atoms with Crippen LogP contribution in [0.1, 0.15) is 41.3 Å². The molecule has 1 fully saturated rings. The molecule has 2 aliphatic rings. The van der Waals surface area contributed by atoms with Crippen molar-refractivity contribution in [3.63, 3.8) is 0 Å². The third kappa shape index (κ3) is 4.43. The van der Waals surface area contributed by atoms with Crippen LogP contribution in [0.3, 0.4) is 0 Å². The zero-order chi connectivity index (χ0) is 21.1. The molecule has 0 aliphatic carbocycles. The Hall–Kier alpha value is -2.22. The molecule has 6 nitrogen and oxygen atoms in total. The number of fused-ring (bicyclic) bond motifs is 1. The predicted molar refractivity (Wildman–Crippen MR) is 115 cm³/mol. The SMILES string of the molecule is CCN1CCC[C@@H](OC(=O)c2ccc(S(=O)(=O)N3CCc4ccccc4C3)cc2)C1. The minimum absolute atomic E-state index is 0.108. The van der Waals surface area contributed by atoms with Gasteiger partial charge in [-0.05, 0) is 67.7 Å². The number of rotatable bonds is 5. The van der Waals surface area contributed by atoms with Crippen molar-refractivity contribution in [2.45, 2.75) is 43.7 Å². The summed E-state index contributed by atoms with van der Waals surface area (Å²) in [5.41, 5.74) is 2.62. The standard InChI is InChI=1S/C23H28N2O4S/c1-2-24-14-5-8-21(17-24)29-23(26)19-9-11-22(12-10-19)30(27,28)25-15-13-18-6-3-4-7-20(18)16-25/h3-4,6-7,9-12,21H,2,5,8,13-17H2,1H3/t21-/m1/s1. The minimum atomic E-state index is -3.61. The molecule has 4 rings (SSSR count). The largest absolute Gasteiger partial charge is 0.457 e. The van der Waals surface area contributed by atoms with E-state index in [0.717, 1.165) is 38.0 Å². The second kappa shape index (κ2) is 8.88. The number of likely N-dealkylation sites (N-methyl/N-ethyl adjacent to an activating group) is 1. The number of likely N-dealkylation sites (tertiary alicyclic amines) is 1. The highest BCUT2D eigenvalue weighted by Gasteiger charge is 2.28. The van der Waals surface area contributed by atoms with Gasteiger partial charge >= 0.3 is 5.97 Å². The molecular formula is C23H28N2O4S. The van der Waals surface area contributed by atoms with Crippen molar-refractivity contribution in [2.24, 2.45) is 0 Å². The summed E-state index contributed by atoms with van der Waals surface area (Å²) in [5, 5.41) is 0. The van der Waals surface area contributed by atoms with Crippen LogP contribution in [-0.4, -0.2) is 55.9 Å². The van der Waals surface area contributed by atoms with Crippen molar-refractivity contribution < 1.29 is 17.9 Å². The van der Waals surface area contributed by atoms with Crippen LogP contribution in [0.5, 0.6) is 0 Å². The van der Waals surface area contributed by atoms with E-state index < -0.39 is 16.0 Å². The van der Waals surface area contributed by atoms with Crippen LogP contribution in [0, 0.1) is 0 Å². The molecule has 0 radical (unpaired) electrons. The Morgan fingerprint density at radius 2 is 1.80 bits per heavy atom. The minimum Gasteiger partial charge on any atom is -0.457 e. The quantitative estimate of drug-likeness (QED) is 0.685. The predicted octanol–water partition coefficient (Wildman–Crippen LogP) is 3.07. The van der Waals surface area contributed by atoms with Crippen molar-refractivity contribution in [3.05, 3.63) is 65.2 Å². The second-order valence-electron chi connectivity index (χ2n) is 7.94. The van der Waals surface area contributed by atoms with Gasteiger partial charge in [0.1, 0.15) is 6.10 Å². The van der Waals surface area contributed by atoms with E-state index in [-0.39, 0.29) is 11.0 Å². The topological polar surface area (TPSA) is 66.9 Å². The van der Waals surface area contributed by atoms with Gasteiger partial charge in [0.25, 0.3) is 0 Å². The normalized spacial score (nSPS) is 20.5. The Bertz CT molecular complexity index is 1000. The number of ether oxygens (including phenoxy) is 1. The van der Waals surface area contributed by atoms with Crippen molar-refractivity contribution in [1.82, 2.24) is 9.21 Å². The Labute approximate surface area is 178 Å². The molecule has 160 valence electrons. The highest BCUT2D eigenvalue weighted by Crippen LogP contribution is 2.25. The molecule has 2 aromatic rings. The number of benzene rings is 2. The van der Waals surface area contributed by atoms with E-state index in [2.05, 4.69) is 11.8 Å². The lowest BCUT2D eigenvalue weighted by Crippen LogP contribution is -2.40. The maximum atomic E-state index is 13.1. The van der Waals surface area contributed by atoms with Crippen molar-refractivity contribution in [3.8, 4) is 0 Å². The maximum absolute atomic E-state index is 13.1. The fourth-order valence-corrected chi connectivity index (χ4v) is 5.62. The van der Waals surface area contributed by atoms with Gasteiger partial charge in [-0.15, -0.1) is 0 Å². The Balaban J connectivity index is 1.43. The molecule has 0 spiro atoms. The van der Waals surface area contributed by atoms with E-state index in [4.69, 9.17) is 4.74 Å². The average Bonchev–Trinajstić information content (AvgIpc) is 2.79. The van der Waals surface area contributed by atoms with Crippen LogP contribution >= 0.6 is 0 Å². The molecule has 7 heteroatoms. The van der Waals surface area contributed by atoms with Gasteiger partial charge in [0.15, 0.2) is 0 Å². The molecule has 0 aromatic heterocycles. The summed E-state index contributed by atoms with van der Waals surface area (Å²) in [5.74, 6) is -0.395. The molecule has 1 atom stereocenters. The third-order valence-electron chi connectivity index (χ3n) is 6.01. The molecular weight excluding hydrogens is 400 g/mol. The summed E-state index contributed by atoms with van der Waals surface area (Å²) in [7, 11) is -3.61. The summed E-state index contributed by atoms with van der Waals surface area (Å²) in [6.07, 6.45) is 2.48. The molecule has 0 unspecified atom stereocenters. The summed E-state index contributed by atoms with van der Waals surface area (Å²) >= 11 is 0. The van der Waals surface area contributed by atoms with Gasteiger partial charge in [-0.1, -0.05) is 31.2 Å². The molecule has 0 bridgehead atoms. The van der Waals surface area contributed by atoms with Crippen LogP contribution in [0.25, 0.3) is 0 Å². The van der Waals surface area contributed by atoms with Gasteiger partial charge in [-0.3, -0.25) is 4.90 Å². The van der Waals surface area contributed by atoms with E-state index >= 15 is 0 Å². The van der Waals surface area contributed by atoms with E-state index in [9.17, 15) is 13.2 Å². The molecule has 2 aliphatic heterocycles. The summed E-state index contributed by atoms with van der Waals surface area (Å²) in [4.78, 5) is 15.0. The van der Waals surface area contributed by atoms with Gasteiger partial charge in [-0.2, -0.15) is 4.31 Å². The van der Waals surface area contributed by atoms with E-state index in [1.165, 1.54) is 22.0 Å². The third-order valence-corrected chi connectivity index (χ3v) is 7.87. The summed E-state index contributed by atoms with van der Waals surface area (Å²) < 4.78 is 33.3. The monoisotopic (exact) mass is 428 g/mol.